The summed E-state index contributed by atoms with van der Waals surface area (Å²) < 4.78 is 1.54. The minimum absolute atomic E-state index is 0.0806. The third-order valence-corrected chi connectivity index (χ3v) is 5.05. The number of carbonyl (C=O) groups is 1. The second-order valence-electron chi connectivity index (χ2n) is 6.95. The molecule has 1 aromatic heterocycles. The van der Waals surface area contributed by atoms with E-state index < -0.39 is 0 Å². The standard InChI is InChI=1S/C23H23ClN2O2/c1-16-7-8-18(17(2)13-16)9-11-22(27)25-20-10-12-23(28)26(15-20)14-19-5-3-4-6-21(19)24/h3-8,10,12-13,15H,9,11,14H2,1-2H3,(H,25,27). The van der Waals surface area contributed by atoms with Crippen LogP contribution in [0.15, 0.2) is 65.6 Å². The molecule has 1 N–H and O–H groups in total. The van der Waals surface area contributed by atoms with Gasteiger partial charge in [0, 0.05) is 23.7 Å². The van der Waals surface area contributed by atoms with E-state index >= 15 is 0 Å². The zero-order chi connectivity index (χ0) is 20.1. The average Bonchev–Trinajstić information content (AvgIpc) is 2.65. The zero-order valence-electron chi connectivity index (χ0n) is 16.0. The fraction of sp³-hybridized carbons (Fsp3) is 0.217. The molecule has 0 aliphatic rings. The predicted molar refractivity (Wildman–Crippen MR) is 114 cm³/mol. The fourth-order valence-corrected chi connectivity index (χ4v) is 3.33. The summed E-state index contributed by atoms with van der Waals surface area (Å²) >= 11 is 6.19. The molecular formula is C23H23ClN2O2. The van der Waals surface area contributed by atoms with Crippen LogP contribution in [0.25, 0.3) is 0 Å². The Hall–Kier alpha value is -2.85. The number of carbonyl (C=O) groups excluding carboxylic acids is 1. The maximum Gasteiger partial charge on any atom is 0.250 e. The SMILES string of the molecule is Cc1ccc(CCC(=O)Nc2ccc(=O)n(Cc3ccccc3Cl)c2)c(C)c1. The van der Waals surface area contributed by atoms with Crippen molar-refractivity contribution in [2.45, 2.75) is 33.2 Å². The van der Waals surface area contributed by atoms with Gasteiger partial charge in [-0.05, 0) is 49.1 Å². The number of amides is 1. The van der Waals surface area contributed by atoms with E-state index in [4.69, 9.17) is 11.6 Å². The Balaban J connectivity index is 1.66. The van der Waals surface area contributed by atoms with Gasteiger partial charge >= 0.3 is 0 Å². The van der Waals surface area contributed by atoms with E-state index in [0.717, 1.165) is 5.56 Å². The van der Waals surface area contributed by atoms with E-state index in [1.807, 2.05) is 18.2 Å². The van der Waals surface area contributed by atoms with Crippen LogP contribution in [-0.4, -0.2) is 10.5 Å². The van der Waals surface area contributed by atoms with Crippen LogP contribution >= 0.6 is 11.6 Å². The molecule has 1 heterocycles. The number of hydrogen-bond donors (Lipinski definition) is 1. The van der Waals surface area contributed by atoms with E-state index in [-0.39, 0.29) is 11.5 Å². The molecular weight excluding hydrogens is 372 g/mol. The summed E-state index contributed by atoms with van der Waals surface area (Å²) in [5.74, 6) is -0.0806. The number of aryl methyl sites for hydroxylation is 3. The maximum atomic E-state index is 12.4. The summed E-state index contributed by atoms with van der Waals surface area (Å²) in [6.07, 6.45) is 2.71. The van der Waals surface area contributed by atoms with Crippen LogP contribution in [0.2, 0.25) is 5.02 Å². The van der Waals surface area contributed by atoms with Gasteiger partial charge < -0.3 is 9.88 Å². The highest BCUT2D eigenvalue weighted by Crippen LogP contribution is 2.17. The van der Waals surface area contributed by atoms with Gasteiger partial charge in [-0.2, -0.15) is 0 Å². The Morgan fingerprint density at radius 2 is 1.82 bits per heavy atom. The number of rotatable bonds is 6. The Bertz CT molecular complexity index is 1060. The van der Waals surface area contributed by atoms with Crippen molar-refractivity contribution < 1.29 is 4.79 Å². The molecule has 0 saturated carbocycles. The van der Waals surface area contributed by atoms with E-state index in [9.17, 15) is 9.59 Å². The fourth-order valence-electron chi connectivity index (χ4n) is 3.14. The lowest BCUT2D eigenvalue weighted by atomic mass is 10.0. The quantitative estimate of drug-likeness (QED) is 0.656. The summed E-state index contributed by atoms with van der Waals surface area (Å²) in [7, 11) is 0. The summed E-state index contributed by atoms with van der Waals surface area (Å²) in [6.45, 7) is 4.47. The van der Waals surface area contributed by atoms with Crippen molar-refractivity contribution >= 4 is 23.2 Å². The van der Waals surface area contributed by atoms with Gasteiger partial charge in [0.25, 0.3) is 5.56 Å². The van der Waals surface area contributed by atoms with Crippen LogP contribution in [0.3, 0.4) is 0 Å². The molecule has 0 radical (unpaired) electrons. The molecule has 0 aliphatic heterocycles. The topological polar surface area (TPSA) is 51.1 Å². The Morgan fingerprint density at radius 3 is 2.57 bits per heavy atom. The van der Waals surface area contributed by atoms with Crippen molar-refractivity contribution in [2.75, 3.05) is 5.32 Å². The first-order valence-corrected chi connectivity index (χ1v) is 9.60. The molecule has 0 atom stereocenters. The summed E-state index contributed by atoms with van der Waals surface area (Å²) in [6, 6.07) is 16.7. The first kappa shape index (κ1) is 19.9. The molecule has 2 aromatic carbocycles. The van der Waals surface area contributed by atoms with Crippen molar-refractivity contribution in [3.63, 3.8) is 0 Å². The number of halogens is 1. The monoisotopic (exact) mass is 394 g/mol. The van der Waals surface area contributed by atoms with E-state index in [2.05, 4.69) is 37.4 Å². The molecule has 0 aliphatic carbocycles. The second-order valence-corrected chi connectivity index (χ2v) is 7.36. The van der Waals surface area contributed by atoms with Crippen LogP contribution < -0.4 is 10.9 Å². The largest absolute Gasteiger partial charge is 0.325 e. The first-order chi connectivity index (χ1) is 13.4. The van der Waals surface area contributed by atoms with E-state index in [1.54, 1.807) is 22.9 Å². The summed E-state index contributed by atoms with van der Waals surface area (Å²) in [5.41, 5.74) is 4.88. The maximum absolute atomic E-state index is 12.4. The van der Waals surface area contributed by atoms with Crippen LogP contribution in [0, 0.1) is 13.8 Å². The van der Waals surface area contributed by atoms with Gasteiger partial charge in [0.15, 0.2) is 0 Å². The average molecular weight is 395 g/mol. The lowest BCUT2D eigenvalue weighted by molar-refractivity contribution is -0.116. The molecule has 1 amide bonds. The molecule has 144 valence electrons. The Morgan fingerprint density at radius 1 is 1.04 bits per heavy atom. The lowest BCUT2D eigenvalue weighted by Crippen LogP contribution is -2.21. The van der Waals surface area contributed by atoms with Crippen LogP contribution in [0.1, 0.15) is 28.7 Å². The number of nitrogens with zero attached hydrogens (tertiary/aromatic N) is 1. The second kappa shape index (κ2) is 8.89. The van der Waals surface area contributed by atoms with Crippen molar-refractivity contribution in [1.29, 1.82) is 0 Å². The number of pyridine rings is 1. The minimum atomic E-state index is -0.145. The molecule has 28 heavy (non-hydrogen) atoms. The number of hydrogen-bond acceptors (Lipinski definition) is 2. The number of aromatic nitrogens is 1. The summed E-state index contributed by atoms with van der Waals surface area (Å²) in [5, 5.41) is 3.49. The highest BCUT2D eigenvalue weighted by molar-refractivity contribution is 6.31. The highest BCUT2D eigenvalue weighted by Gasteiger charge is 2.08. The van der Waals surface area contributed by atoms with E-state index in [1.165, 1.54) is 22.8 Å². The Kier molecular flexibility index (Phi) is 6.32. The molecule has 3 rings (SSSR count). The Labute approximate surface area is 169 Å². The molecule has 0 bridgehead atoms. The minimum Gasteiger partial charge on any atom is -0.325 e. The number of anilines is 1. The normalized spacial score (nSPS) is 10.7. The molecule has 0 unspecified atom stereocenters. The first-order valence-electron chi connectivity index (χ1n) is 9.22. The van der Waals surface area contributed by atoms with Gasteiger partial charge in [0.05, 0.1) is 12.2 Å². The van der Waals surface area contributed by atoms with Crippen molar-refractivity contribution in [1.82, 2.24) is 4.57 Å². The molecule has 5 heteroatoms. The van der Waals surface area contributed by atoms with Crippen molar-refractivity contribution in [3.05, 3.63) is 98.4 Å². The van der Waals surface area contributed by atoms with Crippen molar-refractivity contribution in [3.8, 4) is 0 Å². The summed E-state index contributed by atoms with van der Waals surface area (Å²) in [4.78, 5) is 24.5. The number of nitrogens with one attached hydrogen (secondary N) is 1. The van der Waals surface area contributed by atoms with Gasteiger partial charge in [0.1, 0.15) is 0 Å². The predicted octanol–water partition coefficient (Wildman–Crippen LogP) is 4.74. The van der Waals surface area contributed by atoms with E-state index in [0.29, 0.717) is 30.1 Å². The van der Waals surface area contributed by atoms with Gasteiger partial charge in [-0.1, -0.05) is 53.6 Å². The third-order valence-electron chi connectivity index (χ3n) is 4.69. The van der Waals surface area contributed by atoms with Gasteiger partial charge in [-0.25, -0.2) is 0 Å². The third kappa shape index (κ3) is 5.11. The van der Waals surface area contributed by atoms with Gasteiger partial charge in [-0.3, -0.25) is 9.59 Å². The van der Waals surface area contributed by atoms with Gasteiger partial charge in [0.2, 0.25) is 5.91 Å². The number of benzene rings is 2. The van der Waals surface area contributed by atoms with Crippen LogP contribution in [-0.2, 0) is 17.8 Å². The van der Waals surface area contributed by atoms with Crippen molar-refractivity contribution in [2.24, 2.45) is 0 Å². The van der Waals surface area contributed by atoms with Crippen LogP contribution in [0.4, 0.5) is 5.69 Å². The van der Waals surface area contributed by atoms with Gasteiger partial charge in [-0.15, -0.1) is 0 Å². The zero-order valence-corrected chi connectivity index (χ0v) is 16.8. The smallest absolute Gasteiger partial charge is 0.250 e. The molecule has 3 aromatic rings. The lowest BCUT2D eigenvalue weighted by Gasteiger charge is -2.11. The molecule has 0 saturated heterocycles. The molecule has 0 fully saturated rings. The molecule has 4 nitrogen and oxygen atoms in total. The van der Waals surface area contributed by atoms with Crippen LogP contribution in [0.5, 0.6) is 0 Å². The highest BCUT2D eigenvalue weighted by atomic mass is 35.5. The molecule has 0 spiro atoms.